The Morgan fingerprint density at radius 2 is 2.03 bits per heavy atom. The van der Waals surface area contributed by atoms with Crippen LogP contribution in [0.4, 0.5) is 25.0 Å². The summed E-state index contributed by atoms with van der Waals surface area (Å²) in [6.45, 7) is 3.29. The minimum atomic E-state index is -5.08. The SMILES string of the molecule is CC1CCCCN1c1ccnc(-c2c[nH]c3ccc(-c4nnc(N)o4)cc23)n1.O=C(O)C(F)(F)F. The lowest BCUT2D eigenvalue weighted by Gasteiger charge is -2.34. The van der Waals surface area contributed by atoms with Gasteiger partial charge in [-0.05, 0) is 50.5 Å². The van der Waals surface area contributed by atoms with E-state index in [0.29, 0.717) is 17.8 Å². The number of carboxylic acid groups (broad SMARTS) is 1. The minimum Gasteiger partial charge on any atom is -0.475 e. The fourth-order valence-corrected chi connectivity index (χ4v) is 3.87. The Balaban J connectivity index is 0.000000364. The van der Waals surface area contributed by atoms with Crippen LogP contribution in [0, 0.1) is 0 Å². The summed E-state index contributed by atoms with van der Waals surface area (Å²) in [4.78, 5) is 24.0. The number of rotatable bonds is 3. The number of carbonyl (C=O) groups is 1. The van der Waals surface area contributed by atoms with E-state index < -0.39 is 12.1 Å². The number of nitrogens with two attached hydrogens (primary N) is 1. The molecule has 1 saturated heterocycles. The number of piperidine rings is 1. The molecule has 4 aromatic rings. The lowest BCUT2D eigenvalue weighted by Crippen LogP contribution is -2.38. The van der Waals surface area contributed by atoms with E-state index in [1.807, 2.05) is 36.7 Å². The molecule has 1 aliphatic heterocycles. The van der Waals surface area contributed by atoms with Crippen molar-refractivity contribution in [2.75, 3.05) is 17.2 Å². The van der Waals surface area contributed by atoms with E-state index in [0.717, 1.165) is 34.4 Å². The molecule has 4 heterocycles. The topological polar surface area (TPSA) is 147 Å². The maximum Gasteiger partial charge on any atom is 0.490 e. The Morgan fingerprint density at radius 3 is 2.69 bits per heavy atom. The number of aliphatic carboxylic acids is 1. The van der Waals surface area contributed by atoms with E-state index in [-0.39, 0.29) is 6.01 Å². The molecule has 0 amide bonds. The molecule has 0 saturated carbocycles. The minimum absolute atomic E-state index is 0.0519. The zero-order chi connectivity index (χ0) is 25.2. The van der Waals surface area contributed by atoms with Crippen molar-refractivity contribution < 1.29 is 27.5 Å². The molecule has 10 nitrogen and oxygen atoms in total. The Morgan fingerprint density at radius 1 is 1.26 bits per heavy atom. The molecular weight excluding hydrogens is 467 g/mol. The van der Waals surface area contributed by atoms with Gasteiger partial charge in [-0.3, -0.25) is 0 Å². The number of hydrogen-bond acceptors (Lipinski definition) is 8. The average Bonchev–Trinajstić information content (AvgIpc) is 3.45. The number of nitrogens with zero attached hydrogens (tertiary/aromatic N) is 5. The average molecular weight is 489 g/mol. The number of H-pyrrole nitrogens is 1. The highest BCUT2D eigenvalue weighted by Gasteiger charge is 2.38. The van der Waals surface area contributed by atoms with Crippen LogP contribution < -0.4 is 10.6 Å². The molecule has 1 aliphatic rings. The largest absolute Gasteiger partial charge is 0.490 e. The molecule has 184 valence electrons. The molecule has 35 heavy (non-hydrogen) atoms. The summed E-state index contributed by atoms with van der Waals surface area (Å²) in [7, 11) is 0. The summed E-state index contributed by atoms with van der Waals surface area (Å²) in [6.07, 6.45) is 2.37. The van der Waals surface area contributed by atoms with Gasteiger partial charge in [-0.1, -0.05) is 5.10 Å². The monoisotopic (exact) mass is 489 g/mol. The number of fused-ring (bicyclic) bond motifs is 1. The van der Waals surface area contributed by atoms with Crippen LogP contribution in [0.1, 0.15) is 26.2 Å². The number of nitrogens with one attached hydrogen (secondary N) is 1. The smallest absolute Gasteiger partial charge is 0.475 e. The number of carboxylic acids is 1. The van der Waals surface area contributed by atoms with Gasteiger partial charge in [0.2, 0.25) is 5.89 Å². The van der Waals surface area contributed by atoms with Crippen molar-refractivity contribution >= 4 is 28.7 Å². The number of nitrogen functional groups attached to an aromatic ring is 1. The van der Waals surface area contributed by atoms with Crippen LogP contribution in [-0.2, 0) is 4.79 Å². The quantitative estimate of drug-likeness (QED) is 0.384. The van der Waals surface area contributed by atoms with Crippen molar-refractivity contribution in [2.24, 2.45) is 0 Å². The molecule has 1 fully saturated rings. The number of hydrogen-bond donors (Lipinski definition) is 3. The van der Waals surface area contributed by atoms with Crippen molar-refractivity contribution in [3.63, 3.8) is 0 Å². The van der Waals surface area contributed by atoms with Gasteiger partial charge in [0.25, 0.3) is 0 Å². The molecule has 3 aromatic heterocycles. The Kier molecular flexibility index (Phi) is 6.58. The highest BCUT2D eigenvalue weighted by molar-refractivity contribution is 5.96. The second-order valence-electron chi connectivity index (χ2n) is 7.99. The number of aromatic amines is 1. The fraction of sp³-hybridized carbons (Fsp3) is 0.318. The molecule has 4 N–H and O–H groups in total. The van der Waals surface area contributed by atoms with Gasteiger partial charge >= 0.3 is 18.2 Å². The maximum absolute atomic E-state index is 10.6. The van der Waals surface area contributed by atoms with Gasteiger partial charge in [0.1, 0.15) is 5.82 Å². The second kappa shape index (κ2) is 9.60. The van der Waals surface area contributed by atoms with Gasteiger partial charge in [-0.25, -0.2) is 14.8 Å². The molecule has 1 aromatic carbocycles. The molecule has 0 spiro atoms. The lowest BCUT2D eigenvalue weighted by atomic mass is 10.0. The second-order valence-corrected chi connectivity index (χ2v) is 7.99. The summed E-state index contributed by atoms with van der Waals surface area (Å²) in [5.41, 5.74) is 8.29. The van der Waals surface area contributed by atoms with Crippen LogP contribution >= 0.6 is 0 Å². The number of anilines is 2. The van der Waals surface area contributed by atoms with Crippen molar-refractivity contribution in [3.05, 3.63) is 36.7 Å². The first-order chi connectivity index (χ1) is 16.6. The number of halogens is 3. The van der Waals surface area contributed by atoms with Gasteiger partial charge in [0, 0.05) is 47.0 Å². The lowest BCUT2D eigenvalue weighted by molar-refractivity contribution is -0.192. The molecule has 0 radical (unpaired) electrons. The van der Waals surface area contributed by atoms with E-state index in [9.17, 15) is 13.2 Å². The summed E-state index contributed by atoms with van der Waals surface area (Å²) in [5.74, 6) is -0.688. The van der Waals surface area contributed by atoms with E-state index >= 15 is 0 Å². The van der Waals surface area contributed by atoms with E-state index in [1.54, 1.807) is 0 Å². The third kappa shape index (κ3) is 5.34. The predicted octanol–water partition coefficient (Wildman–Crippen LogP) is 4.27. The van der Waals surface area contributed by atoms with Crippen molar-refractivity contribution in [3.8, 4) is 22.8 Å². The van der Waals surface area contributed by atoms with Gasteiger partial charge in [0.15, 0.2) is 5.82 Å². The predicted molar refractivity (Wildman–Crippen MR) is 121 cm³/mol. The first-order valence-electron chi connectivity index (χ1n) is 10.7. The van der Waals surface area contributed by atoms with Crippen LogP contribution in [0.15, 0.2) is 41.1 Å². The molecule has 1 atom stereocenters. The highest BCUT2D eigenvalue weighted by Crippen LogP contribution is 2.32. The summed E-state index contributed by atoms with van der Waals surface area (Å²) in [6, 6.07) is 8.43. The Hall–Kier alpha value is -4.16. The van der Waals surface area contributed by atoms with Gasteiger partial charge < -0.3 is 25.1 Å². The molecule has 0 bridgehead atoms. The normalized spacial score (nSPS) is 16.1. The fourth-order valence-electron chi connectivity index (χ4n) is 3.87. The van der Waals surface area contributed by atoms with E-state index in [1.165, 1.54) is 19.3 Å². The van der Waals surface area contributed by atoms with Crippen molar-refractivity contribution in [1.29, 1.82) is 0 Å². The highest BCUT2D eigenvalue weighted by atomic mass is 19.4. The first-order valence-corrected chi connectivity index (χ1v) is 10.7. The van der Waals surface area contributed by atoms with Crippen LogP contribution in [0.3, 0.4) is 0 Å². The van der Waals surface area contributed by atoms with Crippen molar-refractivity contribution in [1.82, 2.24) is 25.1 Å². The van der Waals surface area contributed by atoms with Crippen LogP contribution in [0.25, 0.3) is 33.7 Å². The number of alkyl halides is 3. The van der Waals surface area contributed by atoms with Gasteiger partial charge in [-0.15, -0.1) is 5.10 Å². The standard InChI is InChI=1S/C20H21N7O.C2HF3O2/c1-12-4-2-3-9-27(12)17-7-8-22-18(24-17)15-11-23-16-6-5-13(10-14(15)16)19-25-26-20(21)28-19;3-2(4,5)1(6)7/h5-8,10-12,23H,2-4,9H2,1H3,(H2,21,26);(H,6,7). The zero-order valence-electron chi connectivity index (χ0n) is 18.6. The third-order valence-electron chi connectivity index (χ3n) is 5.59. The molecule has 13 heteroatoms. The molecular formula is C22H22F3N7O3. The summed E-state index contributed by atoms with van der Waals surface area (Å²) >= 11 is 0. The van der Waals surface area contributed by atoms with E-state index in [4.69, 9.17) is 25.0 Å². The Bertz CT molecular complexity index is 1340. The summed E-state index contributed by atoms with van der Waals surface area (Å²) < 4.78 is 37.1. The Labute approximate surface area is 197 Å². The van der Waals surface area contributed by atoms with Crippen LogP contribution in [-0.4, -0.2) is 55.0 Å². The van der Waals surface area contributed by atoms with Gasteiger partial charge in [0.05, 0.1) is 0 Å². The zero-order valence-corrected chi connectivity index (χ0v) is 18.6. The van der Waals surface area contributed by atoms with E-state index in [2.05, 4.69) is 32.0 Å². The first kappa shape index (κ1) is 24.0. The summed E-state index contributed by atoms with van der Waals surface area (Å²) in [5, 5.41) is 15.8. The van der Waals surface area contributed by atoms with Crippen LogP contribution in [0.5, 0.6) is 0 Å². The number of benzene rings is 1. The van der Waals surface area contributed by atoms with Gasteiger partial charge in [-0.2, -0.15) is 13.2 Å². The van der Waals surface area contributed by atoms with Crippen molar-refractivity contribution in [2.45, 2.75) is 38.4 Å². The molecule has 1 unspecified atom stereocenters. The molecule has 0 aliphatic carbocycles. The molecule has 5 rings (SSSR count). The third-order valence-corrected chi connectivity index (χ3v) is 5.59. The maximum atomic E-state index is 10.6. The van der Waals surface area contributed by atoms with Crippen LogP contribution in [0.2, 0.25) is 0 Å². The number of aromatic nitrogens is 5.